The Hall–Kier alpha value is -1.66. The zero-order chi connectivity index (χ0) is 15.4. The highest BCUT2D eigenvalue weighted by molar-refractivity contribution is 5.94. The number of nitrogens with zero attached hydrogens (tertiary/aromatic N) is 2. The van der Waals surface area contributed by atoms with Crippen LogP contribution >= 0.6 is 0 Å². The van der Waals surface area contributed by atoms with E-state index in [0.29, 0.717) is 31.4 Å². The fourth-order valence-corrected chi connectivity index (χ4v) is 2.48. The lowest BCUT2D eigenvalue weighted by Crippen LogP contribution is -2.52. The van der Waals surface area contributed by atoms with Crippen molar-refractivity contribution in [3.8, 4) is 5.75 Å². The maximum absolute atomic E-state index is 13.9. The molecular formula is C15H22FN3O2. The lowest BCUT2D eigenvalue weighted by Gasteiger charge is -2.37. The average Bonchev–Trinajstić information content (AvgIpc) is 2.53. The van der Waals surface area contributed by atoms with E-state index in [2.05, 4.69) is 11.8 Å². The van der Waals surface area contributed by atoms with Gasteiger partial charge in [-0.25, -0.2) is 4.39 Å². The molecule has 21 heavy (non-hydrogen) atoms. The van der Waals surface area contributed by atoms with Crippen LogP contribution in [0, 0.1) is 5.82 Å². The van der Waals surface area contributed by atoms with E-state index in [-0.39, 0.29) is 11.5 Å². The number of methoxy groups -OCH3 is 1. The van der Waals surface area contributed by atoms with E-state index >= 15 is 0 Å². The van der Waals surface area contributed by atoms with Crippen molar-refractivity contribution in [2.45, 2.75) is 13.0 Å². The molecule has 0 saturated carbocycles. The van der Waals surface area contributed by atoms with Crippen LogP contribution in [0.15, 0.2) is 18.2 Å². The number of halogens is 1. The van der Waals surface area contributed by atoms with Crippen LogP contribution < -0.4 is 10.5 Å². The molecule has 0 aliphatic carbocycles. The highest BCUT2D eigenvalue weighted by Crippen LogP contribution is 2.18. The molecular weight excluding hydrogens is 273 g/mol. The average molecular weight is 295 g/mol. The number of piperazine rings is 1. The summed E-state index contributed by atoms with van der Waals surface area (Å²) >= 11 is 0. The number of hydrogen-bond acceptors (Lipinski definition) is 4. The molecule has 1 aliphatic rings. The number of nitrogens with two attached hydrogens (primary N) is 1. The van der Waals surface area contributed by atoms with E-state index in [4.69, 9.17) is 10.5 Å². The number of rotatable bonds is 4. The molecule has 2 N–H and O–H groups in total. The van der Waals surface area contributed by atoms with Gasteiger partial charge in [0.2, 0.25) is 0 Å². The van der Waals surface area contributed by atoms with Crippen LogP contribution in [-0.2, 0) is 0 Å². The summed E-state index contributed by atoms with van der Waals surface area (Å²) < 4.78 is 18.9. The number of hydrogen-bond donors (Lipinski definition) is 1. The van der Waals surface area contributed by atoms with Crippen molar-refractivity contribution in [2.75, 3.05) is 39.8 Å². The van der Waals surface area contributed by atoms with Crippen LogP contribution in [0.1, 0.15) is 17.3 Å². The molecule has 1 fully saturated rings. The second kappa shape index (κ2) is 6.87. The standard InChI is InChI=1S/C15H22FN3O2/c1-11(10-17)18-5-7-19(8-6-18)15(20)13-4-3-12(21-2)9-14(13)16/h3-4,9,11H,5-8,10,17H2,1-2H3. The van der Waals surface area contributed by atoms with Gasteiger partial charge in [0, 0.05) is 44.8 Å². The topological polar surface area (TPSA) is 58.8 Å². The Morgan fingerprint density at radius 3 is 2.57 bits per heavy atom. The monoisotopic (exact) mass is 295 g/mol. The van der Waals surface area contributed by atoms with Gasteiger partial charge in [0.15, 0.2) is 0 Å². The molecule has 6 heteroatoms. The number of carbonyl (C=O) groups is 1. The Morgan fingerprint density at radius 2 is 2.05 bits per heavy atom. The van der Waals surface area contributed by atoms with Crippen molar-refractivity contribution in [3.05, 3.63) is 29.6 Å². The molecule has 0 aromatic heterocycles. The molecule has 0 bridgehead atoms. The van der Waals surface area contributed by atoms with Crippen molar-refractivity contribution < 1.29 is 13.9 Å². The van der Waals surface area contributed by atoms with Gasteiger partial charge >= 0.3 is 0 Å². The van der Waals surface area contributed by atoms with Crippen molar-refractivity contribution in [3.63, 3.8) is 0 Å². The van der Waals surface area contributed by atoms with Gasteiger partial charge in [-0.3, -0.25) is 9.69 Å². The highest BCUT2D eigenvalue weighted by Gasteiger charge is 2.25. The highest BCUT2D eigenvalue weighted by atomic mass is 19.1. The third-order valence-electron chi connectivity index (χ3n) is 3.97. The van der Waals surface area contributed by atoms with Crippen LogP contribution in [0.3, 0.4) is 0 Å². The number of amides is 1. The number of carbonyl (C=O) groups excluding carboxylic acids is 1. The Kier molecular flexibility index (Phi) is 5.14. The smallest absolute Gasteiger partial charge is 0.256 e. The van der Waals surface area contributed by atoms with Crippen molar-refractivity contribution in [1.82, 2.24) is 9.80 Å². The molecule has 1 aromatic carbocycles. The third kappa shape index (κ3) is 3.51. The third-order valence-corrected chi connectivity index (χ3v) is 3.97. The van der Waals surface area contributed by atoms with E-state index < -0.39 is 5.82 Å². The fourth-order valence-electron chi connectivity index (χ4n) is 2.48. The lowest BCUT2D eigenvalue weighted by molar-refractivity contribution is 0.0584. The minimum Gasteiger partial charge on any atom is -0.497 e. The van der Waals surface area contributed by atoms with Gasteiger partial charge in [-0.1, -0.05) is 0 Å². The molecule has 1 atom stereocenters. The molecule has 1 unspecified atom stereocenters. The van der Waals surface area contributed by atoms with E-state index in [1.165, 1.54) is 19.2 Å². The maximum Gasteiger partial charge on any atom is 0.256 e. The second-order valence-corrected chi connectivity index (χ2v) is 5.26. The number of ether oxygens (including phenoxy) is 1. The first-order chi connectivity index (χ1) is 10.1. The van der Waals surface area contributed by atoms with Gasteiger partial charge < -0.3 is 15.4 Å². The molecule has 1 heterocycles. The van der Waals surface area contributed by atoms with Gasteiger partial charge in [-0.05, 0) is 19.1 Å². The Labute approximate surface area is 124 Å². The summed E-state index contributed by atoms with van der Waals surface area (Å²) in [6.45, 7) is 5.38. The first kappa shape index (κ1) is 15.7. The van der Waals surface area contributed by atoms with Gasteiger partial charge in [0.25, 0.3) is 5.91 Å². The van der Waals surface area contributed by atoms with Crippen LogP contribution in [0.2, 0.25) is 0 Å². The van der Waals surface area contributed by atoms with Gasteiger partial charge in [-0.2, -0.15) is 0 Å². The minimum atomic E-state index is -0.544. The lowest BCUT2D eigenvalue weighted by atomic mass is 10.1. The van der Waals surface area contributed by atoms with E-state index in [0.717, 1.165) is 13.1 Å². The molecule has 1 aromatic rings. The fraction of sp³-hybridized carbons (Fsp3) is 0.533. The predicted octanol–water partition coefficient (Wildman–Crippen LogP) is 0.939. The van der Waals surface area contributed by atoms with E-state index in [9.17, 15) is 9.18 Å². The van der Waals surface area contributed by atoms with Crippen molar-refractivity contribution in [2.24, 2.45) is 5.73 Å². The summed E-state index contributed by atoms with van der Waals surface area (Å²) in [6.07, 6.45) is 0. The molecule has 116 valence electrons. The Balaban J connectivity index is 2.02. The van der Waals surface area contributed by atoms with Crippen LogP contribution in [0.4, 0.5) is 4.39 Å². The predicted molar refractivity (Wildman–Crippen MR) is 78.9 cm³/mol. The SMILES string of the molecule is COc1ccc(C(=O)N2CCN(C(C)CN)CC2)c(F)c1. The van der Waals surface area contributed by atoms with Crippen LogP contribution in [-0.4, -0.2) is 61.6 Å². The van der Waals surface area contributed by atoms with Crippen LogP contribution in [0.5, 0.6) is 5.75 Å². The molecule has 2 rings (SSSR count). The summed E-state index contributed by atoms with van der Waals surface area (Å²) in [5, 5.41) is 0. The molecule has 0 radical (unpaired) electrons. The zero-order valence-corrected chi connectivity index (χ0v) is 12.5. The molecule has 0 spiro atoms. The normalized spacial score (nSPS) is 17.6. The summed E-state index contributed by atoms with van der Waals surface area (Å²) in [5.74, 6) is -0.405. The summed E-state index contributed by atoms with van der Waals surface area (Å²) in [7, 11) is 1.47. The minimum absolute atomic E-state index is 0.0936. The molecule has 1 aliphatic heterocycles. The summed E-state index contributed by atoms with van der Waals surface area (Å²) in [5.41, 5.74) is 5.75. The van der Waals surface area contributed by atoms with Crippen molar-refractivity contribution >= 4 is 5.91 Å². The summed E-state index contributed by atoms with van der Waals surface area (Å²) in [4.78, 5) is 16.3. The molecule has 5 nitrogen and oxygen atoms in total. The number of benzene rings is 1. The van der Waals surface area contributed by atoms with Gasteiger partial charge in [0.05, 0.1) is 12.7 Å². The maximum atomic E-state index is 13.9. The van der Waals surface area contributed by atoms with Gasteiger partial charge in [-0.15, -0.1) is 0 Å². The second-order valence-electron chi connectivity index (χ2n) is 5.26. The van der Waals surface area contributed by atoms with Crippen LogP contribution in [0.25, 0.3) is 0 Å². The first-order valence-electron chi connectivity index (χ1n) is 7.13. The Morgan fingerprint density at radius 1 is 1.38 bits per heavy atom. The molecule has 1 saturated heterocycles. The largest absolute Gasteiger partial charge is 0.497 e. The van der Waals surface area contributed by atoms with E-state index in [1.54, 1.807) is 11.0 Å². The van der Waals surface area contributed by atoms with E-state index in [1.807, 2.05) is 0 Å². The zero-order valence-electron chi connectivity index (χ0n) is 12.5. The summed E-state index contributed by atoms with van der Waals surface area (Å²) in [6, 6.07) is 4.62. The molecule has 1 amide bonds. The van der Waals surface area contributed by atoms with Crippen molar-refractivity contribution in [1.29, 1.82) is 0 Å². The van der Waals surface area contributed by atoms with Gasteiger partial charge in [0.1, 0.15) is 11.6 Å². The Bertz CT molecular complexity index is 502. The quantitative estimate of drug-likeness (QED) is 0.898. The first-order valence-corrected chi connectivity index (χ1v) is 7.13.